The van der Waals surface area contributed by atoms with Crippen molar-refractivity contribution in [1.29, 1.82) is 0 Å². The molecule has 3 aromatic rings. The molecule has 1 saturated heterocycles. The lowest BCUT2D eigenvalue weighted by Crippen LogP contribution is -2.49. The summed E-state index contributed by atoms with van der Waals surface area (Å²) < 4.78 is 30.2. The fourth-order valence-electron chi connectivity index (χ4n) is 6.37. The smallest absolute Gasteiger partial charge is 0.225 e. The van der Waals surface area contributed by atoms with E-state index in [4.69, 9.17) is 9.97 Å². The highest BCUT2D eigenvalue weighted by Gasteiger charge is 2.33. The maximum absolute atomic E-state index is 14.6. The summed E-state index contributed by atoms with van der Waals surface area (Å²) in [5.41, 5.74) is 1.31. The number of aromatic nitrogens is 4. The van der Waals surface area contributed by atoms with Crippen LogP contribution in [0.15, 0.2) is 24.4 Å². The Morgan fingerprint density at radius 1 is 0.976 bits per heavy atom. The maximum Gasteiger partial charge on any atom is 0.225 e. The Balaban J connectivity index is 0.00000353. The highest BCUT2D eigenvalue weighted by molar-refractivity contribution is 5.79. The molecule has 3 fully saturated rings. The zero-order valence-corrected chi connectivity index (χ0v) is 23.4. The van der Waals surface area contributed by atoms with Gasteiger partial charge in [-0.1, -0.05) is 7.43 Å². The number of carbonyl (C=O) groups excluding carboxylic acids is 1. The number of benzene rings is 1. The summed E-state index contributed by atoms with van der Waals surface area (Å²) in [4.78, 5) is 31.5. The lowest BCUT2D eigenvalue weighted by atomic mass is 9.85. The summed E-state index contributed by atoms with van der Waals surface area (Å²) in [5, 5.41) is 16.3. The fraction of sp³-hybridized carbons (Fsp3) is 0.600. The van der Waals surface area contributed by atoms with Crippen LogP contribution in [0.3, 0.4) is 0 Å². The largest absolute Gasteiger partial charge is 0.393 e. The first-order chi connectivity index (χ1) is 19.8. The molecular weight excluding hydrogens is 542 g/mol. The molecule has 1 amide bonds. The summed E-state index contributed by atoms with van der Waals surface area (Å²) in [6, 6.07) is 3.57. The molecule has 3 aliphatic rings. The van der Waals surface area contributed by atoms with Gasteiger partial charge in [-0.15, -0.1) is 0 Å². The van der Waals surface area contributed by atoms with Gasteiger partial charge in [0.05, 0.1) is 18.0 Å². The Kier molecular flexibility index (Phi) is 9.22. The Bertz CT molecular complexity index is 1380. The van der Waals surface area contributed by atoms with Crippen LogP contribution in [0.4, 0.5) is 26.4 Å². The van der Waals surface area contributed by atoms with E-state index in [1.165, 1.54) is 12.1 Å². The van der Waals surface area contributed by atoms with Crippen molar-refractivity contribution in [3.63, 3.8) is 0 Å². The van der Waals surface area contributed by atoms with Gasteiger partial charge < -0.3 is 25.5 Å². The molecule has 1 aliphatic heterocycles. The molecule has 3 heterocycles. The van der Waals surface area contributed by atoms with Crippen LogP contribution in [-0.2, 0) is 4.79 Å². The number of anilines is 3. The van der Waals surface area contributed by atoms with Gasteiger partial charge in [0, 0.05) is 50.2 Å². The molecular formula is C30H42F2N8O2. The lowest BCUT2D eigenvalue weighted by molar-refractivity contribution is -0.138. The van der Waals surface area contributed by atoms with E-state index in [1.807, 2.05) is 9.47 Å². The number of rotatable bonds is 6. The van der Waals surface area contributed by atoms with E-state index in [0.717, 1.165) is 83.6 Å². The van der Waals surface area contributed by atoms with E-state index in [2.05, 4.69) is 27.6 Å². The van der Waals surface area contributed by atoms with Crippen molar-refractivity contribution in [1.82, 2.24) is 29.3 Å². The van der Waals surface area contributed by atoms with Crippen molar-refractivity contribution >= 4 is 34.7 Å². The quantitative estimate of drug-likeness (QED) is 0.382. The minimum absolute atomic E-state index is 0. The van der Waals surface area contributed by atoms with E-state index >= 15 is 0 Å². The maximum atomic E-state index is 14.6. The molecule has 2 aromatic heterocycles. The predicted octanol–water partition coefficient (Wildman–Crippen LogP) is 4.70. The minimum atomic E-state index is -0.710. The minimum Gasteiger partial charge on any atom is -0.393 e. The number of aliphatic hydroxyl groups excluding tert-OH is 1. The summed E-state index contributed by atoms with van der Waals surface area (Å²) in [6.07, 6.45) is 7.57. The monoisotopic (exact) mass is 584 g/mol. The Morgan fingerprint density at radius 3 is 2.38 bits per heavy atom. The molecule has 0 unspecified atom stereocenters. The van der Waals surface area contributed by atoms with Gasteiger partial charge in [-0.25, -0.2) is 18.7 Å². The number of carbonyl (C=O) groups is 1. The standard InChI is InChI=1S/C29H38F2N8O2.CH4/c1-37-12-14-38(15-13-37)27(41)18-2-7-21(8-3-18)39-26-25(35-29(39)34-24-11-4-19(30)16-23(24)31)17-32-28(36-26)33-20-5-9-22(40)10-6-20;/h4,11,16-18,20-22,40H,2-3,5-10,12-15H2,1H3,(H,34,35)(H,32,33,36);1H4. The molecule has 12 heteroatoms. The van der Waals surface area contributed by atoms with Crippen molar-refractivity contribution < 1.29 is 18.7 Å². The number of imidazole rings is 1. The van der Waals surface area contributed by atoms with Crippen LogP contribution in [-0.4, -0.2) is 85.7 Å². The number of amides is 1. The molecule has 0 bridgehead atoms. The molecule has 0 radical (unpaired) electrons. The summed E-state index contributed by atoms with van der Waals surface area (Å²) in [6.45, 7) is 3.33. The molecule has 42 heavy (non-hydrogen) atoms. The third kappa shape index (κ3) is 6.49. The third-order valence-electron chi connectivity index (χ3n) is 8.87. The van der Waals surface area contributed by atoms with Crippen molar-refractivity contribution in [3.8, 4) is 0 Å². The molecule has 6 rings (SSSR count). The van der Waals surface area contributed by atoms with Crippen LogP contribution in [0.25, 0.3) is 11.2 Å². The Hall–Kier alpha value is -3.38. The molecule has 2 saturated carbocycles. The molecule has 10 nitrogen and oxygen atoms in total. The SMILES string of the molecule is C.CN1CCN(C(=O)C2CCC(n3c(Nc4ccc(F)cc4F)nc4cnc(NC5CCC(O)CC5)nc43)CC2)CC1. The summed E-state index contributed by atoms with van der Waals surface area (Å²) in [5.74, 6) is -0.237. The van der Waals surface area contributed by atoms with Gasteiger partial charge >= 0.3 is 0 Å². The first-order valence-electron chi connectivity index (χ1n) is 14.7. The molecule has 0 spiro atoms. The van der Waals surface area contributed by atoms with Crippen LogP contribution in [0.2, 0.25) is 0 Å². The van der Waals surface area contributed by atoms with Crippen molar-refractivity contribution in [3.05, 3.63) is 36.0 Å². The Labute approximate surface area is 245 Å². The third-order valence-corrected chi connectivity index (χ3v) is 8.87. The second kappa shape index (κ2) is 12.9. The van der Waals surface area contributed by atoms with Gasteiger partial charge in [-0.05, 0) is 70.5 Å². The molecule has 0 atom stereocenters. The summed E-state index contributed by atoms with van der Waals surface area (Å²) >= 11 is 0. The zero-order valence-electron chi connectivity index (χ0n) is 23.4. The number of likely N-dealkylation sites (N-methyl/N-ethyl adjacent to an activating group) is 1. The van der Waals surface area contributed by atoms with Crippen LogP contribution in [0.1, 0.15) is 64.8 Å². The second-order valence-corrected chi connectivity index (χ2v) is 11.7. The first kappa shape index (κ1) is 30.1. The van der Waals surface area contributed by atoms with Gasteiger partial charge in [0.1, 0.15) is 17.2 Å². The summed E-state index contributed by atoms with van der Waals surface area (Å²) in [7, 11) is 2.08. The number of hydrogen-bond donors (Lipinski definition) is 3. The number of nitrogens with one attached hydrogen (secondary N) is 2. The molecule has 3 N–H and O–H groups in total. The average molecular weight is 585 g/mol. The number of hydrogen-bond acceptors (Lipinski definition) is 8. The molecule has 1 aromatic carbocycles. The zero-order chi connectivity index (χ0) is 28.5. The number of piperazine rings is 1. The van der Waals surface area contributed by atoms with E-state index in [-0.39, 0.29) is 43.1 Å². The highest BCUT2D eigenvalue weighted by Crippen LogP contribution is 2.38. The highest BCUT2D eigenvalue weighted by atomic mass is 19.1. The van der Waals surface area contributed by atoms with Crippen molar-refractivity contribution in [2.75, 3.05) is 43.9 Å². The lowest BCUT2D eigenvalue weighted by Gasteiger charge is -2.37. The number of nitrogens with zero attached hydrogens (tertiary/aromatic N) is 6. The fourth-order valence-corrected chi connectivity index (χ4v) is 6.37. The van der Waals surface area contributed by atoms with Crippen molar-refractivity contribution in [2.45, 2.75) is 77.0 Å². The van der Waals surface area contributed by atoms with Crippen LogP contribution >= 0.6 is 0 Å². The van der Waals surface area contributed by atoms with E-state index in [1.54, 1.807) is 6.20 Å². The molecule has 228 valence electrons. The van der Waals surface area contributed by atoms with E-state index in [9.17, 15) is 18.7 Å². The van der Waals surface area contributed by atoms with E-state index < -0.39 is 11.6 Å². The van der Waals surface area contributed by atoms with E-state index in [0.29, 0.717) is 23.1 Å². The van der Waals surface area contributed by atoms with Gasteiger partial charge in [0.25, 0.3) is 0 Å². The normalized spacial score (nSPS) is 25.2. The van der Waals surface area contributed by atoms with Gasteiger partial charge in [0.2, 0.25) is 17.8 Å². The van der Waals surface area contributed by atoms with Crippen LogP contribution in [0.5, 0.6) is 0 Å². The Morgan fingerprint density at radius 2 is 1.69 bits per heavy atom. The van der Waals surface area contributed by atoms with Crippen molar-refractivity contribution in [2.24, 2.45) is 5.92 Å². The number of fused-ring (bicyclic) bond motifs is 1. The first-order valence-corrected chi connectivity index (χ1v) is 14.7. The van der Waals surface area contributed by atoms with Gasteiger partial charge in [-0.3, -0.25) is 9.36 Å². The van der Waals surface area contributed by atoms with Crippen LogP contribution < -0.4 is 10.6 Å². The number of halogens is 2. The second-order valence-electron chi connectivity index (χ2n) is 11.7. The predicted molar refractivity (Wildman–Crippen MR) is 159 cm³/mol. The average Bonchev–Trinajstić information content (AvgIpc) is 3.33. The van der Waals surface area contributed by atoms with Gasteiger partial charge in [-0.2, -0.15) is 4.98 Å². The van der Waals surface area contributed by atoms with Crippen LogP contribution in [0, 0.1) is 17.6 Å². The number of aliphatic hydroxyl groups is 1. The van der Waals surface area contributed by atoms with Gasteiger partial charge in [0.15, 0.2) is 5.65 Å². The topological polar surface area (TPSA) is 111 Å². The molecule has 2 aliphatic carbocycles.